The van der Waals surface area contributed by atoms with Crippen LogP contribution >= 0.6 is 0 Å². The molecule has 2 rings (SSSR count). The third-order valence-corrected chi connectivity index (χ3v) is 3.13. The molecule has 0 radical (unpaired) electrons. The van der Waals surface area contributed by atoms with Gasteiger partial charge in [0.2, 0.25) is 0 Å². The number of carbonyl (C=O) groups is 1. The molecule has 0 amide bonds. The lowest BCUT2D eigenvalue weighted by Crippen LogP contribution is -2.10. The molecule has 0 aliphatic heterocycles. The number of nitrogens with zero attached hydrogens (tertiary/aromatic N) is 2. The molecule has 0 atom stereocenters. The average Bonchev–Trinajstić information content (AvgIpc) is 2.41. The summed E-state index contributed by atoms with van der Waals surface area (Å²) >= 11 is 0. The monoisotopic (exact) mass is 270 g/mol. The number of hydrogen-bond acceptors (Lipinski definition) is 3. The maximum atomic E-state index is 11.2. The topological polar surface area (TPSA) is 63.1 Å². The lowest BCUT2D eigenvalue weighted by molar-refractivity contribution is 0.0694. The maximum absolute atomic E-state index is 11.2. The lowest BCUT2D eigenvalue weighted by Gasteiger charge is -2.10. The molecule has 0 saturated carbocycles. The van der Waals surface area contributed by atoms with Crippen LogP contribution in [0.1, 0.15) is 52.8 Å². The van der Waals surface area contributed by atoms with Crippen molar-refractivity contribution in [2.75, 3.05) is 0 Å². The SMILES string of the molecule is Cc1ccc(Cc2ncc(C(=O)O)c(C(C)C)n2)cc1. The molecule has 0 fully saturated rings. The Morgan fingerprint density at radius 2 is 1.90 bits per heavy atom. The number of hydrogen-bond donors (Lipinski definition) is 1. The van der Waals surface area contributed by atoms with Crippen LogP contribution in [-0.2, 0) is 6.42 Å². The number of rotatable bonds is 4. The van der Waals surface area contributed by atoms with Crippen molar-refractivity contribution in [3.63, 3.8) is 0 Å². The molecule has 0 spiro atoms. The van der Waals surface area contributed by atoms with Crippen LogP contribution in [-0.4, -0.2) is 21.0 Å². The van der Waals surface area contributed by atoms with Crippen LogP contribution in [0.25, 0.3) is 0 Å². The molecule has 20 heavy (non-hydrogen) atoms. The summed E-state index contributed by atoms with van der Waals surface area (Å²) in [5.74, 6) is -0.265. The van der Waals surface area contributed by atoms with E-state index in [1.807, 2.05) is 45.0 Å². The smallest absolute Gasteiger partial charge is 0.339 e. The summed E-state index contributed by atoms with van der Waals surface area (Å²) in [5, 5.41) is 9.15. The number of carboxylic acid groups (broad SMARTS) is 1. The van der Waals surface area contributed by atoms with E-state index in [4.69, 9.17) is 5.11 Å². The number of aromatic carboxylic acids is 1. The van der Waals surface area contributed by atoms with Crippen LogP contribution in [0.5, 0.6) is 0 Å². The zero-order chi connectivity index (χ0) is 14.7. The van der Waals surface area contributed by atoms with Gasteiger partial charge in [-0.05, 0) is 18.4 Å². The van der Waals surface area contributed by atoms with E-state index < -0.39 is 5.97 Å². The number of aryl methyl sites for hydroxylation is 1. The van der Waals surface area contributed by atoms with Gasteiger partial charge in [-0.25, -0.2) is 14.8 Å². The van der Waals surface area contributed by atoms with E-state index in [2.05, 4.69) is 9.97 Å². The van der Waals surface area contributed by atoms with Crippen molar-refractivity contribution in [3.05, 3.63) is 58.7 Å². The van der Waals surface area contributed by atoms with Gasteiger partial charge in [0.05, 0.1) is 11.3 Å². The summed E-state index contributed by atoms with van der Waals surface area (Å²) in [6.07, 6.45) is 2.02. The molecule has 1 heterocycles. The second-order valence-corrected chi connectivity index (χ2v) is 5.21. The van der Waals surface area contributed by atoms with Crippen LogP contribution < -0.4 is 0 Å². The fraction of sp³-hybridized carbons (Fsp3) is 0.312. The summed E-state index contributed by atoms with van der Waals surface area (Å²) in [6, 6.07) is 8.17. The van der Waals surface area contributed by atoms with Crippen molar-refractivity contribution < 1.29 is 9.90 Å². The first-order valence-electron chi connectivity index (χ1n) is 6.62. The quantitative estimate of drug-likeness (QED) is 0.926. The molecular weight excluding hydrogens is 252 g/mol. The van der Waals surface area contributed by atoms with Crippen LogP contribution in [0.15, 0.2) is 30.5 Å². The van der Waals surface area contributed by atoms with E-state index in [0.29, 0.717) is 17.9 Å². The molecule has 0 saturated heterocycles. The highest BCUT2D eigenvalue weighted by Gasteiger charge is 2.16. The summed E-state index contributed by atoms with van der Waals surface area (Å²) in [7, 11) is 0. The highest BCUT2D eigenvalue weighted by atomic mass is 16.4. The van der Waals surface area contributed by atoms with Gasteiger partial charge in [-0.1, -0.05) is 43.7 Å². The van der Waals surface area contributed by atoms with Crippen molar-refractivity contribution >= 4 is 5.97 Å². The Morgan fingerprint density at radius 1 is 1.25 bits per heavy atom. The van der Waals surface area contributed by atoms with Gasteiger partial charge in [0, 0.05) is 12.6 Å². The predicted molar refractivity (Wildman–Crippen MR) is 77.1 cm³/mol. The van der Waals surface area contributed by atoms with Gasteiger partial charge in [-0.2, -0.15) is 0 Å². The van der Waals surface area contributed by atoms with E-state index in [9.17, 15) is 4.79 Å². The second kappa shape index (κ2) is 5.82. The second-order valence-electron chi connectivity index (χ2n) is 5.21. The van der Waals surface area contributed by atoms with Gasteiger partial charge in [-0.15, -0.1) is 0 Å². The summed E-state index contributed by atoms with van der Waals surface area (Å²) in [4.78, 5) is 19.7. The highest BCUT2D eigenvalue weighted by Crippen LogP contribution is 2.18. The molecule has 1 aromatic heterocycles. The molecule has 104 valence electrons. The van der Waals surface area contributed by atoms with Gasteiger partial charge >= 0.3 is 5.97 Å². The molecule has 0 unspecified atom stereocenters. The molecule has 4 heteroatoms. The van der Waals surface area contributed by atoms with Gasteiger partial charge in [0.25, 0.3) is 0 Å². The number of benzene rings is 1. The summed E-state index contributed by atoms with van der Waals surface area (Å²) in [5.41, 5.74) is 3.11. The lowest BCUT2D eigenvalue weighted by atomic mass is 10.0. The zero-order valence-corrected chi connectivity index (χ0v) is 11.9. The van der Waals surface area contributed by atoms with Gasteiger partial charge in [-0.3, -0.25) is 0 Å². The molecule has 0 bridgehead atoms. The summed E-state index contributed by atoms with van der Waals surface area (Å²) in [6.45, 7) is 5.91. The molecule has 4 nitrogen and oxygen atoms in total. The zero-order valence-electron chi connectivity index (χ0n) is 11.9. The fourth-order valence-corrected chi connectivity index (χ4v) is 2.01. The van der Waals surface area contributed by atoms with Crippen LogP contribution in [0.3, 0.4) is 0 Å². The molecule has 2 aromatic rings. The minimum Gasteiger partial charge on any atom is -0.478 e. The molecule has 0 aliphatic rings. The Balaban J connectivity index is 2.31. The molecule has 1 N–H and O–H groups in total. The standard InChI is InChI=1S/C16H18N2O2/c1-10(2)15-13(16(19)20)9-17-14(18-15)8-12-6-4-11(3)5-7-12/h4-7,9-10H,8H2,1-3H3,(H,19,20). The van der Waals surface area contributed by atoms with E-state index in [1.54, 1.807) is 0 Å². The van der Waals surface area contributed by atoms with E-state index in [-0.39, 0.29) is 11.5 Å². The van der Waals surface area contributed by atoms with Gasteiger partial charge in [0.1, 0.15) is 5.82 Å². The minimum atomic E-state index is -0.976. The average molecular weight is 270 g/mol. The Morgan fingerprint density at radius 3 is 2.45 bits per heavy atom. The Hall–Kier alpha value is -2.23. The van der Waals surface area contributed by atoms with E-state index in [1.165, 1.54) is 11.8 Å². The van der Waals surface area contributed by atoms with Crippen molar-refractivity contribution in [2.45, 2.75) is 33.1 Å². The highest BCUT2D eigenvalue weighted by molar-refractivity contribution is 5.88. The third-order valence-electron chi connectivity index (χ3n) is 3.13. The first-order chi connectivity index (χ1) is 9.47. The summed E-state index contributed by atoms with van der Waals surface area (Å²) < 4.78 is 0. The third kappa shape index (κ3) is 3.20. The predicted octanol–water partition coefficient (Wildman–Crippen LogP) is 3.20. The first-order valence-corrected chi connectivity index (χ1v) is 6.62. The van der Waals surface area contributed by atoms with Crippen LogP contribution in [0, 0.1) is 6.92 Å². The first kappa shape index (κ1) is 14.2. The maximum Gasteiger partial charge on any atom is 0.339 e. The van der Waals surface area contributed by atoms with Gasteiger partial charge in [0.15, 0.2) is 0 Å². The molecule has 0 aliphatic carbocycles. The Kier molecular flexibility index (Phi) is 4.13. The van der Waals surface area contributed by atoms with E-state index in [0.717, 1.165) is 5.56 Å². The van der Waals surface area contributed by atoms with Crippen molar-refractivity contribution in [1.29, 1.82) is 0 Å². The minimum absolute atomic E-state index is 0.0564. The van der Waals surface area contributed by atoms with Crippen molar-refractivity contribution in [3.8, 4) is 0 Å². The fourth-order valence-electron chi connectivity index (χ4n) is 2.01. The largest absolute Gasteiger partial charge is 0.478 e. The Labute approximate surface area is 118 Å². The van der Waals surface area contributed by atoms with Crippen LogP contribution in [0.2, 0.25) is 0 Å². The number of carboxylic acids is 1. The van der Waals surface area contributed by atoms with Gasteiger partial charge < -0.3 is 5.11 Å². The normalized spacial score (nSPS) is 10.8. The van der Waals surface area contributed by atoms with Crippen molar-refractivity contribution in [1.82, 2.24) is 9.97 Å². The number of aromatic nitrogens is 2. The van der Waals surface area contributed by atoms with E-state index >= 15 is 0 Å². The molecular formula is C16H18N2O2. The van der Waals surface area contributed by atoms with Crippen LogP contribution in [0.4, 0.5) is 0 Å². The molecule has 1 aromatic carbocycles. The van der Waals surface area contributed by atoms with Crippen molar-refractivity contribution in [2.24, 2.45) is 0 Å². The Bertz CT molecular complexity index is 619.